The van der Waals surface area contributed by atoms with E-state index >= 15 is 0 Å². The van der Waals surface area contributed by atoms with Crippen molar-refractivity contribution in [3.8, 4) is 0 Å². The molecule has 1 aliphatic heterocycles. The Bertz CT molecular complexity index is 160. The molecule has 0 aromatic rings. The first-order chi connectivity index (χ1) is 6.92. The Hall–Kier alpha value is -0.0800. The summed E-state index contributed by atoms with van der Waals surface area (Å²) >= 11 is 0. The van der Waals surface area contributed by atoms with E-state index in [1.807, 2.05) is 0 Å². The van der Waals surface area contributed by atoms with Crippen LogP contribution >= 0.6 is 0 Å². The van der Waals surface area contributed by atoms with Gasteiger partial charge in [0.15, 0.2) is 0 Å². The van der Waals surface area contributed by atoms with E-state index in [-0.39, 0.29) is 0 Å². The third-order valence-electron chi connectivity index (χ3n) is 3.56. The van der Waals surface area contributed by atoms with Crippen LogP contribution in [0.4, 0.5) is 0 Å². The molecule has 2 heteroatoms. The maximum Gasteiger partial charge on any atom is 0.0122 e. The number of hydrogen-bond donors (Lipinski definition) is 1. The molecule has 1 saturated carbocycles. The fraction of sp³-hybridized carbons (Fsp3) is 1.00. The van der Waals surface area contributed by atoms with Crippen LogP contribution in [-0.2, 0) is 0 Å². The van der Waals surface area contributed by atoms with E-state index < -0.39 is 0 Å². The highest BCUT2D eigenvalue weighted by Crippen LogP contribution is 2.31. The molecular weight excluding hydrogens is 172 g/mol. The summed E-state index contributed by atoms with van der Waals surface area (Å²) in [6.07, 6.45) is 8.41. The number of unbranched alkanes of at least 4 members (excludes halogenated alkanes) is 1. The van der Waals surface area contributed by atoms with Gasteiger partial charge in [0.05, 0.1) is 0 Å². The van der Waals surface area contributed by atoms with Crippen LogP contribution in [0.5, 0.6) is 0 Å². The zero-order valence-corrected chi connectivity index (χ0v) is 9.47. The Morgan fingerprint density at radius 1 is 1.07 bits per heavy atom. The van der Waals surface area contributed by atoms with E-state index in [2.05, 4.69) is 17.1 Å². The zero-order valence-electron chi connectivity index (χ0n) is 9.47. The topological polar surface area (TPSA) is 15.3 Å². The normalized spacial score (nSPS) is 24.4. The van der Waals surface area contributed by atoms with Crippen LogP contribution in [0.15, 0.2) is 0 Å². The van der Waals surface area contributed by atoms with Gasteiger partial charge in [0.1, 0.15) is 0 Å². The molecule has 1 saturated heterocycles. The molecule has 1 N–H and O–H groups in total. The average molecular weight is 196 g/mol. The maximum atomic E-state index is 3.46. The fourth-order valence-corrected chi connectivity index (χ4v) is 2.55. The van der Waals surface area contributed by atoms with Crippen LogP contribution in [0.25, 0.3) is 0 Å². The van der Waals surface area contributed by atoms with Gasteiger partial charge in [-0.1, -0.05) is 13.3 Å². The first-order valence-corrected chi connectivity index (χ1v) is 6.38. The van der Waals surface area contributed by atoms with Crippen molar-refractivity contribution in [3.63, 3.8) is 0 Å². The molecule has 1 heterocycles. The minimum absolute atomic E-state index is 0.898. The number of hydrogen-bond acceptors (Lipinski definition) is 2. The van der Waals surface area contributed by atoms with Crippen LogP contribution in [0.3, 0.4) is 0 Å². The number of rotatable bonds is 5. The molecule has 0 spiro atoms. The van der Waals surface area contributed by atoms with Crippen LogP contribution in [0.1, 0.15) is 45.4 Å². The summed E-state index contributed by atoms with van der Waals surface area (Å²) in [4.78, 5) is 2.81. The molecule has 2 aliphatic rings. The van der Waals surface area contributed by atoms with Gasteiger partial charge in [-0.15, -0.1) is 0 Å². The van der Waals surface area contributed by atoms with Crippen LogP contribution in [0, 0.1) is 0 Å². The summed E-state index contributed by atoms with van der Waals surface area (Å²) in [5.41, 5.74) is 0. The molecule has 82 valence electrons. The molecule has 14 heavy (non-hydrogen) atoms. The summed E-state index contributed by atoms with van der Waals surface area (Å²) in [6.45, 7) is 6.12. The van der Waals surface area contributed by atoms with Crippen molar-refractivity contribution >= 4 is 0 Å². The van der Waals surface area contributed by atoms with E-state index in [1.165, 1.54) is 58.2 Å². The van der Waals surface area contributed by atoms with Gasteiger partial charge in [-0.2, -0.15) is 0 Å². The Labute approximate surface area is 88.1 Å². The number of nitrogens with zero attached hydrogens (tertiary/aromatic N) is 1. The van der Waals surface area contributed by atoms with Crippen molar-refractivity contribution in [1.29, 1.82) is 0 Å². The summed E-state index contributed by atoms with van der Waals surface area (Å²) in [6, 6.07) is 1.86. The van der Waals surface area contributed by atoms with Crippen molar-refractivity contribution < 1.29 is 0 Å². The average Bonchev–Trinajstić information content (AvgIpc) is 3.04. The molecule has 1 aliphatic carbocycles. The first-order valence-electron chi connectivity index (χ1n) is 6.38. The second-order valence-corrected chi connectivity index (χ2v) is 4.80. The van der Waals surface area contributed by atoms with Gasteiger partial charge in [-0.3, -0.25) is 4.90 Å². The molecule has 0 radical (unpaired) electrons. The fourth-order valence-electron chi connectivity index (χ4n) is 2.55. The number of piperidine rings is 1. The van der Waals surface area contributed by atoms with Gasteiger partial charge >= 0.3 is 0 Å². The van der Waals surface area contributed by atoms with Crippen molar-refractivity contribution in [2.24, 2.45) is 0 Å². The van der Waals surface area contributed by atoms with Crippen LogP contribution in [-0.4, -0.2) is 36.6 Å². The lowest BCUT2D eigenvalue weighted by atomic mass is 10.0. The zero-order chi connectivity index (χ0) is 9.80. The van der Waals surface area contributed by atoms with E-state index in [1.54, 1.807) is 0 Å². The van der Waals surface area contributed by atoms with Crippen molar-refractivity contribution in [2.75, 3.05) is 19.6 Å². The lowest BCUT2D eigenvalue weighted by Gasteiger charge is -2.34. The molecule has 0 aromatic heterocycles. The highest BCUT2D eigenvalue weighted by Gasteiger charge is 2.33. The Balaban J connectivity index is 1.81. The third kappa shape index (κ3) is 2.71. The van der Waals surface area contributed by atoms with E-state index in [9.17, 15) is 0 Å². The van der Waals surface area contributed by atoms with Gasteiger partial charge in [0.2, 0.25) is 0 Å². The SMILES string of the molecule is CCCCN(C1CCNCC1)C1CC1. The molecule has 0 bridgehead atoms. The minimum atomic E-state index is 0.898. The van der Waals surface area contributed by atoms with Crippen LogP contribution < -0.4 is 5.32 Å². The van der Waals surface area contributed by atoms with Crippen molar-refractivity contribution in [2.45, 2.75) is 57.5 Å². The Kier molecular flexibility index (Phi) is 3.82. The number of nitrogens with one attached hydrogen (secondary N) is 1. The predicted molar refractivity (Wildman–Crippen MR) is 60.5 cm³/mol. The predicted octanol–water partition coefficient (Wildman–Crippen LogP) is 2.00. The molecule has 2 fully saturated rings. The molecule has 0 aromatic carbocycles. The first kappa shape index (κ1) is 10.4. The van der Waals surface area contributed by atoms with Crippen molar-refractivity contribution in [3.05, 3.63) is 0 Å². The highest BCUT2D eigenvalue weighted by molar-refractivity contribution is 4.90. The standard InChI is InChI=1S/C12H24N2/c1-2-3-10-14(11-4-5-11)12-6-8-13-9-7-12/h11-13H,2-10H2,1H3. The lowest BCUT2D eigenvalue weighted by Crippen LogP contribution is -2.44. The maximum absolute atomic E-state index is 3.46. The Morgan fingerprint density at radius 2 is 1.71 bits per heavy atom. The second-order valence-electron chi connectivity index (χ2n) is 4.80. The third-order valence-corrected chi connectivity index (χ3v) is 3.56. The lowest BCUT2D eigenvalue weighted by molar-refractivity contribution is 0.151. The molecule has 2 nitrogen and oxygen atoms in total. The highest BCUT2D eigenvalue weighted by atomic mass is 15.2. The van der Waals surface area contributed by atoms with Crippen LogP contribution in [0.2, 0.25) is 0 Å². The minimum Gasteiger partial charge on any atom is -0.317 e. The summed E-state index contributed by atoms with van der Waals surface area (Å²) in [7, 11) is 0. The monoisotopic (exact) mass is 196 g/mol. The van der Waals surface area contributed by atoms with Gasteiger partial charge in [0, 0.05) is 12.1 Å². The molecule has 0 amide bonds. The molecule has 2 rings (SSSR count). The molecule has 0 atom stereocenters. The van der Waals surface area contributed by atoms with Gasteiger partial charge < -0.3 is 5.32 Å². The largest absolute Gasteiger partial charge is 0.317 e. The summed E-state index contributed by atoms with van der Waals surface area (Å²) in [5.74, 6) is 0. The Morgan fingerprint density at radius 3 is 2.29 bits per heavy atom. The van der Waals surface area contributed by atoms with E-state index in [0.29, 0.717) is 0 Å². The molecular formula is C12H24N2. The van der Waals surface area contributed by atoms with Gasteiger partial charge in [-0.25, -0.2) is 0 Å². The van der Waals surface area contributed by atoms with Gasteiger partial charge in [-0.05, 0) is 51.7 Å². The smallest absolute Gasteiger partial charge is 0.0122 e. The molecule has 0 unspecified atom stereocenters. The second kappa shape index (κ2) is 5.13. The summed E-state index contributed by atoms with van der Waals surface area (Å²) < 4.78 is 0. The van der Waals surface area contributed by atoms with E-state index in [0.717, 1.165) is 12.1 Å². The quantitative estimate of drug-likeness (QED) is 0.723. The van der Waals surface area contributed by atoms with Crippen molar-refractivity contribution in [1.82, 2.24) is 10.2 Å². The van der Waals surface area contributed by atoms with Gasteiger partial charge in [0.25, 0.3) is 0 Å². The summed E-state index contributed by atoms with van der Waals surface area (Å²) in [5, 5.41) is 3.46. The van der Waals surface area contributed by atoms with E-state index in [4.69, 9.17) is 0 Å².